The number of carbonyl (C=O) groups excluding carboxylic acids is 2. The number of rotatable bonds is 6. The number of nitrogens with zero attached hydrogens (tertiary/aromatic N) is 1. The van der Waals surface area contributed by atoms with Crippen LogP contribution in [-0.2, 0) is 17.8 Å². The van der Waals surface area contributed by atoms with Gasteiger partial charge in [0.15, 0.2) is 5.58 Å². The zero-order valence-electron chi connectivity index (χ0n) is 15.0. The van der Waals surface area contributed by atoms with Gasteiger partial charge in [-0.3, -0.25) is 25.0 Å². The number of para-hydroxylation sites is 2. The van der Waals surface area contributed by atoms with Crippen molar-refractivity contribution in [2.45, 2.75) is 32.7 Å². The van der Waals surface area contributed by atoms with Gasteiger partial charge in [0.05, 0.1) is 5.52 Å². The van der Waals surface area contributed by atoms with E-state index in [4.69, 9.17) is 4.42 Å². The minimum atomic E-state index is -0.444. The fraction of sp³-hybridized carbons (Fsp3) is 0.250. The van der Waals surface area contributed by atoms with Crippen LogP contribution in [0.3, 0.4) is 0 Å². The Hall–Kier alpha value is -3.35. The van der Waals surface area contributed by atoms with Crippen molar-refractivity contribution < 1.29 is 14.0 Å². The molecule has 2 aromatic carbocycles. The van der Waals surface area contributed by atoms with Crippen LogP contribution < -0.4 is 16.6 Å². The molecule has 0 saturated heterocycles. The number of carbonyl (C=O) groups is 2. The molecule has 0 spiro atoms. The molecule has 2 N–H and O–H groups in total. The van der Waals surface area contributed by atoms with Crippen molar-refractivity contribution in [1.29, 1.82) is 0 Å². The SMILES string of the molecule is CCc1ccc(C(=O)NNC(=O)CCCn2c(=O)oc3ccccc32)cc1. The fourth-order valence-corrected chi connectivity index (χ4v) is 2.78. The Labute approximate surface area is 156 Å². The minimum Gasteiger partial charge on any atom is -0.408 e. The Morgan fingerprint density at radius 3 is 2.52 bits per heavy atom. The van der Waals surface area contributed by atoms with Crippen LogP contribution in [0.1, 0.15) is 35.7 Å². The Kier molecular flexibility index (Phi) is 5.71. The van der Waals surface area contributed by atoms with Crippen LogP contribution in [0.5, 0.6) is 0 Å². The summed E-state index contributed by atoms with van der Waals surface area (Å²) in [5, 5.41) is 0. The zero-order chi connectivity index (χ0) is 19.2. The lowest BCUT2D eigenvalue weighted by molar-refractivity contribution is -0.122. The van der Waals surface area contributed by atoms with Crippen LogP contribution in [0.15, 0.2) is 57.7 Å². The van der Waals surface area contributed by atoms with Crippen molar-refractivity contribution in [2.24, 2.45) is 0 Å². The number of hydrogen-bond donors (Lipinski definition) is 2. The van der Waals surface area contributed by atoms with Gasteiger partial charge in [0.1, 0.15) is 0 Å². The van der Waals surface area contributed by atoms with Gasteiger partial charge in [0, 0.05) is 18.5 Å². The molecule has 7 nitrogen and oxygen atoms in total. The quantitative estimate of drug-likeness (QED) is 0.654. The predicted octanol–water partition coefficient (Wildman–Crippen LogP) is 2.40. The summed E-state index contributed by atoms with van der Waals surface area (Å²) in [6.07, 6.45) is 1.50. The van der Waals surface area contributed by atoms with E-state index in [0.717, 1.165) is 12.0 Å². The standard InChI is InChI=1S/C20H21N3O4/c1-2-14-9-11-15(12-10-14)19(25)22-21-18(24)8-5-13-23-16-6-3-4-7-17(16)27-20(23)26/h3-4,6-7,9-12H,2,5,8,13H2,1H3,(H,21,24)(H,22,25). The van der Waals surface area contributed by atoms with Gasteiger partial charge in [-0.25, -0.2) is 4.79 Å². The molecule has 0 bridgehead atoms. The topological polar surface area (TPSA) is 93.3 Å². The third-order valence-electron chi connectivity index (χ3n) is 4.30. The summed E-state index contributed by atoms with van der Waals surface area (Å²) >= 11 is 0. The third-order valence-corrected chi connectivity index (χ3v) is 4.30. The summed E-state index contributed by atoms with van der Waals surface area (Å²) in [6.45, 7) is 2.39. The van der Waals surface area contributed by atoms with E-state index in [-0.39, 0.29) is 18.2 Å². The second-order valence-corrected chi connectivity index (χ2v) is 6.14. The smallest absolute Gasteiger partial charge is 0.408 e. The number of benzene rings is 2. The third kappa shape index (κ3) is 4.44. The molecule has 0 aliphatic rings. The first kappa shape index (κ1) is 18.4. The van der Waals surface area contributed by atoms with Crippen molar-refractivity contribution in [2.75, 3.05) is 0 Å². The maximum Gasteiger partial charge on any atom is 0.419 e. The lowest BCUT2D eigenvalue weighted by Gasteiger charge is -2.08. The van der Waals surface area contributed by atoms with E-state index in [2.05, 4.69) is 10.9 Å². The number of hydrogen-bond acceptors (Lipinski definition) is 4. The van der Waals surface area contributed by atoms with Gasteiger partial charge < -0.3 is 4.42 Å². The maximum atomic E-state index is 12.0. The van der Waals surface area contributed by atoms with Crippen molar-refractivity contribution in [1.82, 2.24) is 15.4 Å². The molecular formula is C20H21N3O4. The number of oxazole rings is 1. The highest BCUT2D eigenvalue weighted by atomic mass is 16.4. The summed E-state index contributed by atoms with van der Waals surface area (Å²) in [7, 11) is 0. The van der Waals surface area contributed by atoms with Crippen molar-refractivity contribution in [3.8, 4) is 0 Å². The number of aromatic nitrogens is 1. The van der Waals surface area contributed by atoms with E-state index in [1.165, 1.54) is 4.57 Å². The second-order valence-electron chi connectivity index (χ2n) is 6.14. The van der Waals surface area contributed by atoms with Crippen molar-refractivity contribution in [3.05, 3.63) is 70.2 Å². The Balaban J connectivity index is 1.47. The Morgan fingerprint density at radius 2 is 1.78 bits per heavy atom. The molecule has 140 valence electrons. The average Bonchev–Trinajstić information content (AvgIpc) is 3.01. The van der Waals surface area contributed by atoms with E-state index < -0.39 is 5.76 Å². The van der Waals surface area contributed by atoms with E-state index in [9.17, 15) is 14.4 Å². The maximum absolute atomic E-state index is 12.0. The molecule has 0 radical (unpaired) electrons. The van der Waals surface area contributed by atoms with Crippen molar-refractivity contribution in [3.63, 3.8) is 0 Å². The van der Waals surface area contributed by atoms with Crippen LogP contribution in [0, 0.1) is 0 Å². The Bertz CT molecular complexity index is 1000. The molecule has 0 aliphatic heterocycles. The van der Waals surface area contributed by atoms with E-state index >= 15 is 0 Å². The monoisotopic (exact) mass is 367 g/mol. The van der Waals surface area contributed by atoms with E-state index in [0.29, 0.717) is 29.6 Å². The minimum absolute atomic E-state index is 0.168. The van der Waals surface area contributed by atoms with Gasteiger partial charge >= 0.3 is 5.76 Å². The molecule has 0 unspecified atom stereocenters. The number of aryl methyl sites for hydroxylation is 2. The van der Waals surface area contributed by atoms with E-state index in [1.807, 2.05) is 25.1 Å². The number of fused-ring (bicyclic) bond motifs is 1. The molecule has 2 amide bonds. The number of amides is 2. The highest BCUT2D eigenvalue weighted by Crippen LogP contribution is 2.12. The lowest BCUT2D eigenvalue weighted by atomic mass is 10.1. The molecular weight excluding hydrogens is 346 g/mol. The molecule has 3 aromatic rings. The lowest BCUT2D eigenvalue weighted by Crippen LogP contribution is -2.41. The summed E-state index contributed by atoms with van der Waals surface area (Å²) in [6, 6.07) is 14.3. The summed E-state index contributed by atoms with van der Waals surface area (Å²) in [5.41, 5.74) is 7.62. The normalized spacial score (nSPS) is 10.7. The molecule has 3 rings (SSSR count). The average molecular weight is 367 g/mol. The van der Waals surface area contributed by atoms with Gasteiger partial charge in [-0.15, -0.1) is 0 Å². The van der Waals surface area contributed by atoms with Crippen LogP contribution in [-0.4, -0.2) is 16.4 Å². The first-order valence-electron chi connectivity index (χ1n) is 8.85. The molecule has 0 fully saturated rings. The van der Waals surface area contributed by atoms with Gasteiger partial charge in [0.2, 0.25) is 5.91 Å². The van der Waals surface area contributed by atoms with E-state index in [1.54, 1.807) is 30.3 Å². The van der Waals surface area contributed by atoms with Crippen LogP contribution >= 0.6 is 0 Å². The molecule has 1 heterocycles. The first-order chi connectivity index (χ1) is 13.1. The van der Waals surface area contributed by atoms with Crippen LogP contribution in [0.4, 0.5) is 0 Å². The van der Waals surface area contributed by atoms with Crippen molar-refractivity contribution >= 4 is 22.9 Å². The zero-order valence-corrected chi connectivity index (χ0v) is 15.0. The largest absolute Gasteiger partial charge is 0.419 e. The Morgan fingerprint density at radius 1 is 1.04 bits per heavy atom. The van der Waals surface area contributed by atoms with Gasteiger partial charge in [0.25, 0.3) is 5.91 Å². The molecule has 27 heavy (non-hydrogen) atoms. The summed E-state index contributed by atoms with van der Waals surface area (Å²) in [5.74, 6) is -1.14. The van der Waals surface area contributed by atoms with Gasteiger partial charge in [-0.2, -0.15) is 0 Å². The molecule has 0 aliphatic carbocycles. The number of nitrogens with one attached hydrogen (secondary N) is 2. The van der Waals surface area contributed by atoms with Gasteiger partial charge in [-0.1, -0.05) is 31.2 Å². The molecule has 1 aromatic heterocycles. The van der Waals surface area contributed by atoms with Gasteiger partial charge in [-0.05, 0) is 42.7 Å². The first-order valence-corrected chi connectivity index (χ1v) is 8.85. The summed E-state index contributed by atoms with van der Waals surface area (Å²) in [4.78, 5) is 35.8. The molecule has 7 heteroatoms. The molecule has 0 saturated carbocycles. The predicted molar refractivity (Wildman–Crippen MR) is 101 cm³/mol. The summed E-state index contributed by atoms with van der Waals surface area (Å²) < 4.78 is 6.65. The second kappa shape index (κ2) is 8.35. The highest BCUT2D eigenvalue weighted by Gasteiger charge is 2.10. The highest BCUT2D eigenvalue weighted by molar-refractivity contribution is 5.95. The number of hydrazine groups is 1. The molecule has 0 atom stereocenters. The van der Waals surface area contributed by atoms with Crippen LogP contribution in [0.25, 0.3) is 11.1 Å². The van der Waals surface area contributed by atoms with Crippen LogP contribution in [0.2, 0.25) is 0 Å². The fourth-order valence-electron chi connectivity index (χ4n) is 2.78.